The minimum atomic E-state index is 0.0658. The quantitative estimate of drug-likeness (QED) is 0.649. The fraction of sp³-hybridized carbons (Fsp3) is 0. The van der Waals surface area contributed by atoms with E-state index in [-0.39, 0.29) is 5.75 Å². The highest BCUT2D eigenvalue weighted by atomic mass is 127. The van der Waals surface area contributed by atoms with Crippen LogP contribution in [0.3, 0.4) is 0 Å². The molecule has 0 aliphatic carbocycles. The van der Waals surface area contributed by atoms with E-state index in [2.05, 4.69) is 22.6 Å². The van der Waals surface area contributed by atoms with Crippen LogP contribution in [0.25, 0.3) is 10.8 Å². The van der Waals surface area contributed by atoms with Gasteiger partial charge >= 0.3 is 0 Å². The molecule has 0 saturated carbocycles. The zero-order valence-corrected chi connectivity index (χ0v) is 9.36. The predicted octanol–water partition coefficient (Wildman–Crippen LogP) is 2.96. The standard InChI is InChI=1S/C11H7IO2/c12-10-5-7(6-13)11(14)9-4-2-1-3-8(9)10/h1-6,14H. The van der Waals surface area contributed by atoms with E-state index in [0.29, 0.717) is 11.8 Å². The summed E-state index contributed by atoms with van der Waals surface area (Å²) in [7, 11) is 0. The number of phenolic OH excluding ortho intramolecular Hbond substituents is 1. The van der Waals surface area contributed by atoms with Crippen molar-refractivity contribution < 1.29 is 9.90 Å². The number of aldehydes is 1. The van der Waals surface area contributed by atoms with E-state index in [1.807, 2.05) is 18.2 Å². The molecule has 70 valence electrons. The number of hydrogen-bond donors (Lipinski definition) is 1. The third-order valence-electron chi connectivity index (χ3n) is 2.12. The molecule has 2 aromatic carbocycles. The highest BCUT2D eigenvalue weighted by molar-refractivity contribution is 14.1. The lowest BCUT2D eigenvalue weighted by molar-refractivity contribution is 0.112. The molecule has 0 amide bonds. The number of carbonyl (C=O) groups excluding carboxylic acids is 1. The molecular weight excluding hydrogens is 291 g/mol. The first-order chi connectivity index (χ1) is 6.74. The molecule has 3 heteroatoms. The second-order valence-corrected chi connectivity index (χ2v) is 4.12. The highest BCUT2D eigenvalue weighted by Crippen LogP contribution is 2.31. The number of hydrogen-bond acceptors (Lipinski definition) is 2. The van der Waals surface area contributed by atoms with Crippen molar-refractivity contribution in [1.82, 2.24) is 0 Å². The number of rotatable bonds is 1. The van der Waals surface area contributed by atoms with Gasteiger partial charge in [0.05, 0.1) is 5.56 Å². The molecule has 0 atom stereocenters. The van der Waals surface area contributed by atoms with Gasteiger partial charge < -0.3 is 5.11 Å². The smallest absolute Gasteiger partial charge is 0.153 e. The Labute approximate surface area is 94.7 Å². The zero-order valence-electron chi connectivity index (χ0n) is 7.20. The number of benzene rings is 2. The molecule has 0 saturated heterocycles. The summed E-state index contributed by atoms with van der Waals surface area (Å²) in [6.07, 6.45) is 0.671. The van der Waals surface area contributed by atoms with Crippen molar-refractivity contribution in [2.24, 2.45) is 0 Å². The maximum Gasteiger partial charge on any atom is 0.153 e. The number of phenols is 1. The highest BCUT2D eigenvalue weighted by Gasteiger charge is 2.08. The van der Waals surface area contributed by atoms with Crippen molar-refractivity contribution in [1.29, 1.82) is 0 Å². The summed E-state index contributed by atoms with van der Waals surface area (Å²) in [6, 6.07) is 9.16. The Kier molecular flexibility index (Phi) is 2.41. The average Bonchev–Trinajstić information content (AvgIpc) is 2.23. The summed E-state index contributed by atoms with van der Waals surface area (Å²) < 4.78 is 0.970. The van der Waals surface area contributed by atoms with Crippen LogP contribution in [0.4, 0.5) is 0 Å². The van der Waals surface area contributed by atoms with Crippen molar-refractivity contribution in [3.05, 3.63) is 39.5 Å². The van der Waals surface area contributed by atoms with E-state index in [4.69, 9.17) is 0 Å². The van der Waals surface area contributed by atoms with Crippen LogP contribution in [-0.2, 0) is 0 Å². The summed E-state index contributed by atoms with van der Waals surface area (Å²) in [5, 5.41) is 11.4. The summed E-state index contributed by atoms with van der Waals surface area (Å²) in [5.41, 5.74) is 0.341. The summed E-state index contributed by atoms with van der Waals surface area (Å²) in [6.45, 7) is 0. The summed E-state index contributed by atoms with van der Waals surface area (Å²) in [4.78, 5) is 10.7. The second-order valence-electron chi connectivity index (χ2n) is 2.96. The number of carbonyl (C=O) groups is 1. The molecule has 0 fully saturated rings. The SMILES string of the molecule is O=Cc1cc(I)c2ccccc2c1O. The molecule has 0 aliphatic heterocycles. The van der Waals surface area contributed by atoms with Crippen LogP contribution in [0, 0.1) is 3.57 Å². The monoisotopic (exact) mass is 298 g/mol. The van der Waals surface area contributed by atoms with Crippen LogP contribution in [0.1, 0.15) is 10.4 Å². The lowest BCUT2D eigenvalue weighted by Crippen LogP contribution is -1.86. The fourth-order valence-corrected chi connectivity index (χ4v) is 2.23. The van der Waals surface area contributed by atoms with Crippen LogP contribution < -0.4 is 0 Å². The number of halogens is 1. The average molecular weight is 298 g/mol. The van der Waals surface area contributed by atoms with Crippen LogP contribution in [0.5, 0.6) is 5.75 Å². The van der Waals surface area contributed by atoms with Gasteiger partial charge in [-0.25, -0.2) is 0 Å². The number of aromatic hydroxyl groups is 1. The third-order valence-corrected chi connectivity index (χ3v) is 3.01. The van der Waals surface area contributed by atoms with E-state index in [1.54, 1.807) is 12.1 Å². The van der Waals surface area contributed by atoms with Gasteiger partial charge in [-0.1, -0.05) is 24.3 Å². The summed E-state index contributed by atoms with van der Waals surface area (Å²) >= 11 is 2.15. The van der Waals surface area contributed by atoms with Crippen LogP contribution in [0.15, 0.2) is 30.3 Å². The van der Waals surface area contributed by atoms with Crippen molar-refractivity contribution in [2.45, 2.75) is 0 Å². The molecule has 14 heavy (non-hydrogen) atoms. The molecule has 0 unspecified atom stereocenters. The van der Waals surface area contributed by atoms with Gasteiger partial charge in [0.15, 0.2) is 6.29 Å². The Morgan fingerprint density at radius 1 is 1.21 bits per heavy atom. The van der Waals surface area contributed by atoms with Gasteiger partial charge in [-0.15, -0.1) is 0 Å². The minimum absolute atomic E-state index is 0.0658. The van der Waals surface area contributed by atoms with Gasteiger partial charge in [0.25, 0.3) is 0 Å². The van der Waals surface area contributed by atoms with E-state index in [1.165, 1.54) is 0 Å². The minimum Gasteiger partial charge on any atom is -0.507 e. The van der Waals surface area contributed by atoms with Gasteiger partial charge in [-0.05, 0) is 34.0 Å². The van der Waals surface area contributed by atoms with E-state index in [9.17, 15) is 9.90 Å². The Balaban J connectivity index is 2.94. The fourth-order valence-electron chi connectivity index (χ4n) is 1.43. The largest absolute Gasteiger partial charge is 0.507 e. The number of fused-ring (bicyclic) bond motifs is 1. The van der Waals surface area contributed by atoms with Crippen molar-refractivity contribution >= 4 is 39.6 Å². The second kappa shape index (κ2) is 3.57. The molecule has 2 nitrogen and oxygen atoms in total. The van der Waals surface area contributed by atoms with Crippen molar-refractivity contribution in [3.63, 3.8) is 0 Å². The maximum atomic E-state index is 10.7. The molecule has 0 aliphatic rings. The van der Waals surface area contributed by atoms with Gasteiger partial charge in [-0.3, -0.25) is 4.79 Å². The van der Waals surface area contributed by atoms with E-state index < -0.39 is 0 Å². The summed E-state index contributed by atoms with van der Waals surface area (Å²) in [5.74, 6) is 0.0658. The lowest BCUT2D eigenvalue weighted by Gasteiger charge is -2.05. The lowest BCUT2D eigenvalue weighted by atomic mass is 10.1. The molecule has 0 bridgehead atoms. The van der Waals surface area contributed by atoms with E-state index in [0.717, 1.165) is 14.3 Å². The maximum absolute atomic E-state index is 10.7. The topological polar surface area (TPSA) is 37.3 Å². The Hall–Kier alpha value is -1.10. The van der Waals surface area contributed by atoms with E-state index >= 15 is 0 Å². The normalized spacial score (nSPS) is 10.4. The molecule has 2 aromatic rings. The van der Waals surface area contributed by atoms with Crippen LogP contribution in [0.2, 0.25) is 0 Å². The van der Waals surface area contributed by atoms with Crippen LogP contribution >= 0.6 is 22.6 Å². The van der Waals surface area contributed by atoms with Crippen molar-refractivity contribution in [2.75, 3.05) is 0 Å². The van der Waals surface area contributed by atoms with Gasteiger partial charge in [0.2, 0.25) is 0 Å². The Morgan fingerprint density at radius 2 is 1.86 bits per heavy atom. The van der Waals surface area contributed by atoms with Crippen LogP contribution in [-0.4, -0.2) is 11.4 Å². The predicted molar refractivity (Wildman–Crippen MR) is 63.7 cm³/mol. The Bertz CT molecular complexity index is 506. The zero-order chi connectivity index (χ0) is 10.1. The molecule has 0 heterocycles. The molecule has 0 aromatic heterocycles. The Morgan fingerprint density at radius 3 is 2.50 bits per heavy atom. The first-order valence-corrected chi connectivity index (χ1v) is 5.17. The molecule has 0 spiro atoms. The first-order valence-electron chi connectivity index (χ1n) is 4.09. The van der Waals surface area contributed by atoms with Gasteiger partial charge in [0.1, 0.15) is 5.75 Å². The van der Waals surface area contributed by atoms with Gasteiger partial charge in [-0.2, -0.15) is 0 Å². The van der Waals surface area contributed by atoms with Gasteiger partial charge in [0, 0.05) is 8.96 Å². The van der Waals surface area contributed by atoms with Crippen molar-refractivity contribution in [3.8, 4) is 5.75 Å². The third kappa shape index (κ3) is 1.37. The molecule has 1 N–H and O–H groups in total. The molecular formula is C11H7IO2. The first kappa shape index (κ1) is 9.45. The molecule has 0 radical (unpaired) electrons. The molecule has 2 rings (SSSR count).